The van der Waals surface area contributed by atoms with Crippen LogP contribution >= 0.6 is 0 Å². The summed E-state index contributed by atoms with van der Waals surface area (Å²) in [6, 6.07) is 13.0. The molecule has 2 aromatic carbocycles. The first kappa shape index (κ1) is 16.0. The van der Waals surface area contributed by atoms with E-state index in [-0.39, 0.29) is 19.3 Å². The average molecular weight is 329 g/mol. The number of hydrogen-bond donors (Lipinski definition) is 1. The van der Waals surface area contributed by atoms with Crippen LogP contribution in [0, 0.1) is 6.92 Å². The van der Waals surface area contributed by atoms with Crippen molar-refractivity contribution >= 4 is 5.91 Å². The standard InChI is InChI=1S/C18H19NO5/c1-13-3-2-4-14(9-13)21-8-7-19-18(20)11-22-15-5-6-16-17(10-15)24-12-23-16/h2-6,9-10H,7-8,11-12H2,1H3,(H,19,20). The number of carbonyl (C=O) groups is 1. The lowest BCUT2D eigenvalue weighted by Crippen LogP contribution is -2.32. The first-order chi connectivity index (χ1) is 11.7. The first-order valence-electron chi connectivity index (χ1n) is 7.69. The van der Waals surface area contributed by atoms with E-state index in [0.717, 1.165) is 11.3 Å². The Morgan fingerprint density at radius 2 is 1.92 bits per heavy atom. The van der Waals surface area contributed by atoms with E-state index in [4.69, 9.17) is 18.9 Å². The molecule has 126 valence electrons. The molecular weight excluding hydrogens is 310 g/mol. The van der Waals surface area contributed by atoms with Crippen LogP contribution in [0.4, 0.5) is 0 Å². The van der Waals surface area contributed by atoms with Gasteiger partial charge in [0.05, 0.1) is 6.54 Å². The van der Waals surface area contributed by atoms with Crippen molar-refractivity contribution in [1.82, 2.24) is 5.32 Å². The van der Waals surface area contributed by atoms with Gasteiger partial charge in [0, 0.05) is 6.07 Å². The number of ether oxygens (including phenoxy) is 4. The minimum absolute atomic E-state index is 0.0654. The predicted octanol–water partition coefficient (Wildman–Crippen LogP) is 2.30. The zero-order valence-corrected chi connectivity index (χ0v) is 13.4. The molecule has 0 aliphatic carbocycles. The van der Waals surface area contributed by atoms with Gasteiger partial charge in [0.25, 0.3) is 5.91 Å². The van der Waals surface area contributed by atoms with Gasteiger partial charge in [-0.15, -0.1) is 0 Å². The molecule has 0 aromatic heterocycles. The number of benzene rings is 2. The third-order valence-electron chi connectivity index (χ3n) is 3.40. The molecule has 1 heterocycles. The van der Waals surface area contributed by atoms with Crippen molar-refractivity contribution < 1.29 is 23.7 Å². The van der Waals surface area contributed by atoms with Crippen LogP contribution in [0.25, 0.3) is 0 Å². The Morgan fingerprint density at radius 3 is 2.79 bits per heavy atom. The van der Waals surface area contributed by atoms with Crippen molar-refractivity contribution in [3.63, 3.8) is 0 Å². The molecular formula is C18H19NO5. The third kappa shape index (κ3) is 4.32. The highest BCUT2D eigenvalue weighted by Crippen LogP contribution is 2.34. The number of nitrogens with one attached hydrogen (secondary N) is 1. The lowest BCUT2D eigenvalue weighted by Gasteiger charge is -2.09. The second kappa shape index (κ2) is 7.59. The van der Waals surface area contributed by atoms with Crippen molar-refractivity contribution in [1.29, 1.82) is 0 Å². The van der Waals surface area contributed by atoms with E-state index in [9.17, 15) is 4.79 Å². The summed E-state index contributed by atoms with van der Waals surface area (Å²) in [5.41, 5.74) is 1.13. The van der Waals surface area contributed by atoms with E-state index >= 15 is 0 Å². The number of aryl methyl sites for hydroxylation is 1. The van der Waals surface area contributed by atoms with Crippen LogP contribution in [0.3, 0.4) is 0 Å². The Morgan fingerprint density at radius 1 is 1.08 bits per heavy atom. The fourth-order valence-electron chi connectivity index (χ4n) is 2.23. The van der Waals surface area contributed by atoms with E-state index in [0.29, 0.717) is 30.4 Å². The lowest BCUT2D eigenvalue weighted by molar-refractivity contribution is -0.123. The molecule has 2 aromatic rings. The molecule has 1 aliphatic heterocycles. The second-order valence-corrected chi connectivity index (χ2v) is 5.32. The Hall–Kier alpha value is -2.89. The van der Waals surface area contributed by atoms with Crippen molar-refractivity contribution in [2.75, 3.05) is 26.6 Å². The quantitative estimate of drug-likeness (QED) is 0.790. The Labute approximate surface area is 140 Å². The SMILES string of the molecule is Cc1cccc(OCCNC(=O)COc2ccc3c(c2)OCO3)c1. The lowest BCUT2D eigenvalue weighted by atomic mass is 10.2. The molecule has 1 N–H and O–H groups in total. The van der Waals surface area contributed by atoms with E-state index in [1.807, 2.05) is 31.2 Å². The van der Waals surface area contributed by atoms with Gasteiger partial charge in [-0.05, 0) is 36.8 Å². The van der Waals surface area contributed by atoms with Gasteiger partial charge in [0.2, 0.25) is 6.79 Å². The Balaban J connectivity index is 1.35. The van der Waals surface area contributed by atoms with Gasteiger partial charge in [-0.1, -0.05) is 12.1 Å². The van der Waals surface area contributed by atoms with Crippen LogP contribution in [-0.4, -0.2) is 32.5 Å². The molecule has 0 radical (unpaired) electrons. The van der Waals surface area contributed by atoms with E-state index in [1.54, 1.807) is 18.2 Å². The summed E-state index contributed by atoms with van der Waals surface area (Å²) in [4.78, 5) is 11.8. The molecule has 1 amide bonds. The van der Waals surface area contributed by atoms with Gasteiger partial charge in [-0.2, -0.15) is 0 Å². The van der Waals surface area contributed by atoms with Gasteiger partial charge in [0.1, 0.15) is 18.1 Å². The van der Waals surface area contributed by atoms with Crippen LogP contribution in [-0.2, 0) is 4.79 Å². The molecule has 0 saturated carbocycles. The summed E-state index contributed by atoms with van der Waals surface area (Å²) in [6.07, 6.45) is 0. The zero-order valence-electron chi connectivity index (χ0n) is 13.4. The van der Waals surface area contributed by atoms with Gasteiger partial charge in [0.15, 0.2) is 18.1 Å². The number of hydrogen-bond acceptors (Lipinski definition) is 5. The van der Waals surface area contributed by atoms with Gasteiger partial charge >= 0.3 is 0 Å². The monoisotopic (exact) mass is 329 g/mol. The van der Waals surface area contributed by atoms with Crippen molar-refractivity contribution in [2.24, 2.45) is 0 Å². The number of rotatable bonds is 7. The maximum Gasteiger partial charge on any atom is 0.258 e. The summed E-state index contributed by atoms with van der Waals surface area (Å²) in [5, 5.41) is 2.75. The van der Waals surface area contributed by atoms with Crippen LogP contribution in [0.1, 0.15) is 5.56 Å². The molecule has 0 bridgehead atoms. The molecule has 0 spiro atoms. The topological polar surface area (TPSA) is 66.0 Å². The molecule has 3 rings (SSSR count). The predicted molar refractivity (Wildman–Crippen MR) is 87.7 cm³/mol. The highest BCUT2D eigenvalue weighted by Gasteiger charge is 2.14. The fraction of sp³-hybridized carbons (Fsp3) is 0.278. The second-order valence-electron chi connectivity index (χ2n) is 5.32. The molecule has 0 unspecified atom stereocenters. The van der Waals surface area contributed by atoms with E-state index < -0.39 is 0 Å². The molecule has 1 aliphatic rings. The summed E-state index contributed by atoms with van der Waals surface area (Å²) in [7, 11) is 0. The van der Waals surface area contributed by atoms with Crippen molar-refractivity contribution in [3.8, 4) is 23.0 Å². The van der Waals surface area contributed by atoms with E-state index in [2.05, 4.69) is 5.32 Å². The summed E-state index contributed by atoms with van der Waals surface area (Å²) in [5.74, 6) is 2.45. The first-order valence-corrected chi connectivity index (χ1v) is 7.69. The van der Waals surface area contributed by atoms with Crippen LogP contribution in [0.2, 0.25) is 0 Å². The van der Waals surface area contributed by atoms with Crippen molar-refractivity contribution in [2.45, 2.75) is 6.92 Å². The summed E-state index contributed by atoms with van der Waals surface area (Å²) >= 11 is 0. The molecule has 6 heteroatoms. The van der Waals surface area contributed by atoms with Gasteiger partial charge < -0.3 is 24.3 Å². The van der Waals surface area contributed by atoms with Gasteiger partial charge in [-0.3, -0.25) is 4.79 Å². The molecule has 0 atom stereocenters. The number of carbonyl (C=O) groups excluding carboxylic acids is 1. The highest BCUT2D eigenvalue weighted by molar-refractivity contribution is 5.77. The largest absolute Gasteiger partial charge is 0.492 e. The Kier molecular flexibility index (Phi) is 5.05. The maximum atomic E-state index is 11.8. The van der Waals surface area contributed by atoms with Crippen molar-refractivity contribution in [3.05, 3.63) is 48.0 Å². The third-order valence-corrected chi connectivity index (χ3v) is 3.40. The maximum absolute atomic E-state index is 11.8. The minimum Gasteiger partial charge on any atom is -0.492 e. The van der Waals surface area contributed by atoms with Crippen LogP contribution in [0.5, 0.6) is 23.0 Å². The summed E-state index contributed by atoms with van der Waals surface area (Å²) < 4.78 is 21.5. The average Bonchev–Trinajstić information content (AvgIpc) is 3.05. The smallest absolute Gasteiger partial charge is 0.258 e. The van der Waals surface area contributed by atoms with Crippen LogP contribution in [0.15, 0.2) is 42.5 Å². The molecule has 0 fully saturated rings. The number of fused-ring (bicyclic) bond motifs is 1. The van der Waals surface area contributed by atoms with Gasteiger partial charge in [-0.25, -0.2) is 0 Å². The number of amides is 1. The minimum atomic E-state index is -0.208. The zero-order chi connectivity index (χ0) is 16.8. The molecule has 24 heavy (non-hydrogen) atoms. The van der Waals surface area contributed by atoms with E-state index in [1.165, 1.54) is 0 Å². The highest BCUT2D eigenvalue weighted by atomic mass is 16.7. The Bertz CT molecular complexity index is 716. The molecule has 6 nitrogen and oxygen atoms in total. The molecule has 0 saturated heterocycles. The van der Waals surface area contributed by atoms with Crippen LogP contribution < -0.4 is 24.3 Å². The summed E-state index contributed by atoms with van der Waals surface area (Å²) in [6.45, 7) is 2.96. The normalized spacial score (nSPS) is 11.9. The fourth-order valence-corrected chi connectivity index (χ4v) is 2.23.